The van der Waals surface area contributed by atoms with Crippen LogP contribution in [0.15, 0.2) is 24.3 Å². The van der Waals surface area contributed by atoms with Crippen LogP contribution in [0.5, 0.6) is 5.75 Å². The molecule has 1 aromatic rings. The number of ether oxygens (including phenoxy) is 1. The fourth-order valence-electron chi connectivity index (χ4n) is 2.84. The molecule has 0 saturated carbocycles. The van der Waals surface area contributed by atoms with Gasteiger partial charge in [-0.3, -0.25) is 4.79 Å². The number of rotatable bonds is 3. The minimum Gasteiger partial charge on any atom is -0.497 e. The standard InChI is InChI=1S/C16H23NO3/c1-11(2)16(19)10-17(9-12(16)3)15(18)13-5-7-14(20-4)8-6-13/h5-8,11-12,19H,9-10H2,1-4H3/t12-,16-/m0/s1. The van der Waals surface area contributed by atoms with E-state index >= 15 is 0 Å². The van der Waals surface area contributed by atoms with Crippen molar-refractivity contribution in [3.05, 3.63) is 29.8 Å². The summed E-state index contributed by atoms with van der Waals surface area (Å²) in [6.07, 6.45) is 0. The van der Waals surface area contributed by atoms with Gasteiger partial charge in [0.2, 0.25) is 0 Å². The van der Waals surface area contributed by atoms with Gasteiger partial charge in [-0.2, -0.15) is 0 Å². The van der Waals surface area contributed by atoms with Gasteiger partial charge in [0.25, 0.3) is 5.91 Å². The van der Waals surface area contributed by atoms with E-state index in [0.717, 1.165) is 5.75 Å². The fourth-order valence-corrected chi connectivity index (χ4v) is 2.84. The first-order valence-corrected chi connectivity index (χ1v) is 7.04. The zero-order chi connectivity index (χ0) is 14.9. The number of carbonyl (C=O) groups excluding carboxylic acids is 1. The van der Waals surface area contributed by atoms with Gasteiger partial charge in [0.1, 0.15) is 5.75 Å². The van der Waals surface area contributed by atoms with E-state index in [4.69, 9.17) is 4.74 Å². The van der Waals surface area contributed by atoms with Gasteiger partial charge in [-0.15, -0.1) is 0 Å². The van der Waals surface area contributed by atoms with Crippen LogP contribution in [-0.2, 0) is 0 Å². The van der Waals surface area contributed by atoms with E-state index in [1.54, 1.807) is 36.3 Å². The molecule has 110 valence electrons. The molecular weight excluding hydrogens is 254 g/mol. The van der Waals surface area contributed by atoms with Gasteiger partial charge in [-0.25, -0.2) is 0 Å². The number of methoxy groups -OCH3 is 1. The summed E-state index contributed by atoms with van der Waals surface area (Å²) in [7, 11) is 1.60. The molecule has 1 heterocycles. The molecule has 20 heavy (non-hydrogen) atoms. The summed E-state index contributed by atoms with van der Waals surface area (Å²) < 4.78 is 5.09. The van der Waals surface area contributed by atoms with Crippen LogP contribution in [0.25, 0.3) is 0 Å². The lowest BCUT2D eigenvalue weighted by atomic mass is 9.82. The van der Waals surface area contributed by atoms with Crippen molar-refractivity contribution >= 4 is 5.91 Å². The second-order valence-electron chi connectivity index (χ2n) is 5.96. The number of benzene rings is 1. The number of hydrogen-bond donors (Lipinski definition) is 1. The Kier molecular flexibility index (Phi) is 4.04. The number of β-amino-alcohol motifs (C(OH)–C–C–N with tert-alkyl or cyclic N) is 1. The summed E-state index contributed by atoms with van der Waals surface area (Å²) in [6, 6.07) is 7.08. The molecule has 4 nitrogen and oxygen atoms in total. The summed E-state index contributed by atoms with van der Waals surface area (Å²) in [5, 5.41) is 10.7. The van der Waals surface area contributed by atoms with E-state index < -0.39 is 5.60 Å². The molecule has 1 N–H and O–H groups in total. The Labute approximate surface area is 120 Å². The van der Waals surface area contributed by atoms with Crippen LogP contribution in [0.3, 0.4) is 0 Å². The second-order valence-corrected chi connectivity index (χ2v) is 5.96. The molecule has 1 aliphatic heterocycles. The summed E-state index contributed by atoms with van der Waals surface area (Å²) in [6.45, 7) is 6.99. The van der Waals surface area contributed by atoms with Gasteiger partial charge in [0, 0.05) is 18.0 Å². The van der Waals surface area contributed by atoms with Gasteiger partial charge in [-0.05, 0) is 30.2 Å². The predicted molar refractivity (Wildman–Crippen MR) is 77.8 cm³/mol. The van der Waals surface area contributed by atoms with Crippen molar-refractivity contribution in [3.63, 3.8) is 0 Å². The Morgan fingerprint density at radius 2 is 2.00 bits per heavy atom. The molecular formula is C16H23NO3. The van der Waals surface area contributed by atoms with Crippen LogP contribution in [0.4, 0.5) is 0 Å². The maximum atomic E-state index is 12.5. The highest BCUT2D eigenvalue weighted by Crippen LogP contribution is 2.34. The molecule has 1 aliphatic rings. The van der Waals surface area contributed by atoms with Crippen LogP contribution in [-0.4, -0.2) is 41.7 Å². The first-order chi connectivity index (χ1) is 9.38. The van der Waals surface area contributed by atoms with Gasteiger partial charge in [0.15, 0.2) is 0 Å². The Morgan fingerprint density at radius 1 is 1.40 bits per heavy atom. The molecule has 2 atom stereocenters. The van der Waals surface area contributed by atoms with E-state index in [0.29, 0.717) is 18.7 Å². The molecule has 0 aromatic heterocycles. The molecule has 1 saturated heterocycles. The average Bonchev–Trinajstić information content (AvgIpc) is 2.75. The van der Waals surface area contributed by atoms with Gasteiger partial charge in [-0.1, -0.05) is 20.8 Å². The summed E-state index contributed by atoms with van der Waals surface area (Å²) >= 11 is 0. The number of likely N-dealkylation sites (tertiary alicyclic amines) is 1. The van der Waals surface area contributed by atoms with Gasteiger partial charge < -0.3 is 14.7 Å². The lowest BCUT2D eigenvalue weighted by molar-refractivity contribution is -0.0243. The number of carbonyl (C=O) groups is 1. The average molecular weight is 277 g/mol. The third kappa shape index (κ3) is 2.52. The van der Waals surface area contributed by atoms with Crippen LogP contribution in [0.2, 0.25) is 0 Å². The Hall–Kier alpha value is -1.55. The zero-order valence-corrected chi connectivity index (χ0v) is 12.6. The number of hydrogen-bond acceptors (Lipinski definition) is 3. The molecule has 0 unspecified atom stereocenters. The van der Waals surface area contributed by atoms with Crippen molar-refractivity contribution in [3.8, 4) is 5.75 Å². The molecule has 1 amide bonds. The smallest absolute Gasteiger partial charge is 0.253 e. The van der Waals surface area contributed by atoms with Crippen molar-refractivity contribution < 1.29 is 14.6 Å². The summed E-state index contributed by atoms with van der Waals surface area (Å²) in [4.78, 5) is 14.2. The molecule has 2 rings (SSSR count). The monoisotopic (exact) mass is 277 g/mol. The largest absolute Gasteiger partial charge is 0.497 e. The van der Waals surface area contributed by atoms with Crippen LogP contribution in [0.1, 0.15) is 31.1 Å². The second kappa shape index (κ2) is 5.44. The number of aliphatic hydroxyl groups is 1. The molecule has 0 aliphatic carbocycles. The Balaban J connectivity index is 2.14. The highest BCUT2D eigenvalue weighted by atomic mass is 16.5. The minimum atomic E-state index is -0.790. The van der Waals surface area contributed by atoms with Crippen LogP contribution < -0.4 is 4.74 Å². The third-order valence-electron chi connectivity index (χ3n) is 4.42. The molecule has 1 aromatic carbocycles. The first-order valence-electron chi connectivity index (χ1n) is 7.04. The lowest BCUT2D eigenvalue weighted by Gasteiger charge is -2.31. The first kappa shape index (κ1) is 14.9. The predicted octanol–water partition coefficient (Wildman–Crippen LogP) is 2.17. The van der Waals surface area contributed by atoms with Gasteiger partial charge in [0.05, 0.1) is 19.3 Å². The van der Waals surface area contributed by atoms with Crippen molar-refractivity contribution in [2.24, 2.45) is 11.8 Å². The summed E-state index contributed by atoms with van der Waals surface area (Å²) in [5.41, 5.74) is -0.159. The molecule has 0 spiro atoms. The van der Waals surface area contributed by atoms with E-state index in [9.17, 15) is 9.90 Å². The van der Waals surface area contributed by atoms with E-state index in [2.05, 4.69) is 0 Å². The normalized spacial score (nSPS) is 26.1. The van der Waals surface area contributed by atoms with Gasteiger partial charge >= 0.3 is 0 Å². The van der Waals surface area contributed by atoms with Crippen molar-refractivity contribution in [1.82, 2.24) is 4.90 Å². The quantitative estimate of drug-likeness (QED) is 0.921. The minimum absolute atomic E-state index is 0.0314. The van der Waals surface area contributed by atoms with Crippen molar-refractivity contribution in [2.45, 2.75) is 26.4 Å². The molecule has 0 radical (unpaired) electrons. The Morgan fingerprint density at radius 3 is 2.45 bits per heavy atom. The SMILES string of the molecule is COc1ccc(C(=O)N2C[C@H](C)[C@@](O)(C(C)C)C2)cc1. The van der Waals surface area contributed by atoms with E-state index in [-0.39, 0.29) is 17.7 Å². The lowest BCUT2D eigenvalue weighted by Crippen LogP contribution is -2.43. The highest BCUT2D eigenvalue weighted by Gasteiger charge is 2.46. The fraction of sp³-hybridized carbons (Fsp3) is 0.562. The molecule has 0 bridgehead atoms. The van der Waals surface area contributed by atoms with Crippen LogP contribution >= 0.6 is 0 Å². The third-order valence-corrected chi connectivity index (χ3v) is 4.42. The van der Waals surface area contributed by atoms with Crippen molar-refractivity contribution in [1.29, 1.82) is 0 Å². The Bertz CT molecular complexity index is 483. The van der Waals surface area contributed by atoms with E-state index in [1.165, 1.54) is 0 Å². The molecule has 4 heteroatoms. The van der Waals surface area contributed by atoms with Crippen molar-refractivity contribution in [2.75, 3.05) is 20.2 Å². The highest BCUT2D eigenvalue weighted by molar-refractivity contribution is 5.94. The maximum absolute atomic E-state index is 12.5. The zero-order valence-electron chi connectivity index (χ0n) is 12.6. The molecule has 1 fully saturated rings. The number of amides is 1. The van der Waals surface area contributed by atoms with Crippen LogP contribution in [0, 0.1) is 11.8 Å². The topological polar surface area (TPSA) is 49.8 Å². The maximum Gasteiger partial charge on any atom is 0.253 e. The van der Waals surface area contributed by atoms with E-state index in [1.807, 2.05) is 20.8 Å². The number of nitrogens with zero attached hydrogens (tertiary/aromatic N) is 1. The summed E-state index contributed by atoms with van der Waals surface area (Å²) in [5.74, 6) is 0.918.